The highest BCUT2D eigenvalue weighted by Gasteiger charge is 2.43. The van der Waals surface area contributed by atoms with Crippen molar-refractivity contribution < 1.29 is 4.79 Å². The van der Waals surface area contributed by atoms with E-state index in [1.165, 1.54) is 37.0 Å². The number of carbonyl (C=O) groups excluding carboxylic acids is 1. The number of hydrogen-bond donors (Lipinski definition) is 2. The van der Waals surface area contributed by atoms with Gasteiger partial charge in [0.15, 0.2) is 6.19 Å². The topological polar surface area (TPSA) is 64.9 Å². The lowest BCUT2D eigenvalue weighted by Crippen LogP contribution is -2.26. The zero-order chi connectivity index (χ0) is 15.2. The summed E-state index contributed by atoms with van der Waals surface area (Å²) in [5.41, 5.74) is 0. The van der Waals surface area contributed by atoms with Gasteiger partial charge in [0.05, 0.1) is 10.9 Å². The van der Waals surface area contributed by atoms with Crippen LogP contribution in [0.1, 0.15) is 45.4 Å². The smallest absolute Gasteiger partial charge is 0.230 e. The van der Waals surface area contributed by atoms with Crippen LogP contribution in [0.15, 0.2) is 22.6 Å². The zero-order valence-electron chi connectivity index (χ0n) is 12.5. The number of allylic oxidation sites excluding steroid dienone is 2. The molecule has 2 aliphatic rings. The van der Waals surface area contributed by atoms with E-state index in [1.807, 2.05) is 6.19 Å². The van der Waals surface area contributed by atoms with E-state index in [1.54, 1.807) is 11.8 Å². The molecule has 2 rings (SSSR count). The molecular weight excluding hydrogens is 282 g/mol. The third-order valence-corrected chi connectivity index (χ3v) is 5.33. The summed E-state index contributed by atoms with van der Waals surface area (Å²) in [6.45, 7) is 6.02. The molecule has 2 fully saturated rings. The maximum absolute atomic E-state index is 12.0. The molecule has 21 heavy (non-hydrogen) atoms. The van der Waals surface area contributed by atoms with Crippen molar-refractivity contribution in [2.45, 2.75) is 51.5 Å². The van der Waals surface area contributed by atoms with Crippen LogP contribution < -0.4 is 10.6 Å². The van der Waals surface area contributed by atoms with Crippen molar-refractivity contribution in [2.75, 3.05) is 0 Å². The van der Waals surface area contributed by atoms with Gasteiger partial charge in [-0.1, -0.05) is 43.7 Å². The second-order valence-electron chi connectivity index (χ2n) is 5.75. The molecule has 0 aliphatic heterocycles. The number of thioether (sulfide) groups is 1. The van der Waals surface area contributed by atoms with Gasteiger partial charge in [-0.2, -0.15) is 5.26 Å². The maximum atomic E-state index is 12.0. The van der Waals surface area contributed by atoms with Gasteiger partial charge in [-0.15, -0.1) is 0 Å². The Morgan fingerprint density at radius 3 is 2.71 bits per heavy atom. The largest absolute Gasteiger partial charge is 0.321 e. The van der Waals surface area contributed by atoms with Crippen LogP contribution in [0.3, 0.4) is 0 Å². The van der Waals surface area contributed by atoms with E-state index in [0.29, 0.717) is 10.9 Å². The highest BCUT2D eigenvalue weighted by atomic mass is 32.2. The van der Waals surface area contributed by atoms with Gasteiger partial charge in [-0.25, -0.2) is 0 Å². The van der Waals surface area contributed by atoms with Crippen LogP contribution >= 0.6 is 11.8 Å². The lowest BCUT2D eigenvalue weighted by atomic mass is 9.89. The third kappa shape index (κ3) is 4.53. The van der Waals surface area contributed by atoms with Gasteiger partial charge in [-0.05, 0) is 37.0 Å². The number of nitrogens with one attached hydrogen (secondary N) is 2. The number of nitriles is 1. The molecule has 4 nitrogen and oxygen atoms in total. The summed E-state index contributed by atoms with van der Waals surface area (Å²) in [4.78, 5) is 13.3. The Morgan fingerprint density at radius 1 is 1.38 bits per heavy atom. The molecule has 1 amide bonds. The van der Waals surface area contributed by atoms with E-state index in [2.05, 4.69) is 30.2 Å². The molecule has 0 aromatic rings. The zero-order valence-corrected chi connectivity index (χ0v) is 13.3. The first-order valence-electron chi connectivity index (χ1n) is 7.64. The number of carbonyl (C=O) groups is 1. The van der Waals surface area contributed by atoms with E-state index in [0.717, 1.165) is 6.42 Å². The molecule has 0 saturated heterocycles. The van der Waals surface area contributed by atoms with Crippen molar-refractivity contribution in [1.29, 1.82) is 5.26 Å². The first kappa shape index (κ1) is 16.0. The Labute approximate surface area is 131 Å². The summed E-state index contributed by atoms with van der Waals surface area (Å²) in [6.07, 6.45) is 11.2. The van der Waals surface area contributed by atoms with Crippen LogP contribution in [-0.2, 0) is 4.79 Å². The van der Waals surface area contributed by atoms with Gasteiger partial charge in [0.25, 0.3) is 0 Å². The Balaban J connectivity index is 1.78. The Hall–Kier alpha value is -1.41. The molecule has 114 valence electrons. The van der Waals surface area contributed by atoms with E-state index in [9.17, 15) is 4.79 Å². The van der Waals surface area contributed by atoms with Gasteiger partial charge >= 0.3 is 0 Å². The first-order valence-corrected chi connectivity index (χ1v) is 8.45. The molecule has 0 bridgehead atoms. The van der Waals surface area contributed by atoms with Crippen LogP contribution in [0, 0.1) is 23.3 Å². The van der Waals surface area contributed by atoms with E-state index < -0.39 is 0 Å². The Morgan fingerprint density at radius 2 is 2.10 bits per heavy atom. The van der Waals surface area contributed by atoms with Crippen LogP contribution in [0.4, 0.5) is 0 Å². The molecule has 0 aromatic heterocycles. The van der Waals surface area contributed by atoms with E-state index in [-0.39, 0.29) is 17.9 Å². The summed E-state index contributed by atoms with van der Waals surface area (Å²) in [6, 6.07) is 0.00679. The maximum Gasteiger partial charge on any atom is 0.230 e. The monoisotopic (exact) mass is 305 g/mol. The minimum Gasteiger partial charge on any atom is -0.321 e. The normalized spacial score (nSPS) is 25.8. The molecular formula is C16H23N3OS. The predicted molar refractivity (Wildman–Crippen MR) is 85.8 cm³/mol. The fourth-order valence-corrected chi connectivity index (χ4v) is 3.85. The number of nitrogens with zero attached hydrogens (tertiary/aromatic N) is 1. The molecule has 2 atom stereocenters. The Bertz CT molecular complexity index is 474. The number of amides is 1. The van der Waals surface area contributed by atoms with Gasteiger partial charge in [-0.3, -0.25) is 4.79 Å². The predicted octanol–water partition coefficient (Wildman–Crippen LogP) is 3.25. The number of rotatable bonds is 6. The molecule has 2 saturated carbocycles. The summed E-state index contributed by atoms with van der Waals surface area (Å²) in [7, 11) is 0. The first-order chi connectivity index (χ1) is 10.2. The van der Waals surface area contributed by atoms with Gasteiger partial charge in [0.2, 0.25) is 5.91 Å². The Kier molecular flexibility index (Phi) is 5.75. The molecule has 0 unspecified atom stereocenters. The van der Waals surface area contributed by atoms with Crippen LogP contribution in [0.25, 0.3) is 0 Å². The van der Waals surface area contributed by atoms with E-state index in [4.69, 9.17) is 5.26 Å². The van der Waals surface area contributed by atoms with Crippen LogP contribution in [0.2, 0.25) is 0 Å². The lowest BCUT2D eigenvalue weighted by Gasteiger charge is -2.24. The average Bonchev–Trinajstić information content (AvgIpc) is 3.25. The quantitative estimate of drug-likeness (QED) is 0.584. The third-order valence-electron chi connectivity index (χ3n) is 4.17. The van der Waals surface area contributed by atoms with Crippen molar-refractivity contribution in [2.24, 2.45) is 11.8 Å². The second kappa shape index (κ2) is 7.56. The fraction of sp³-hybridized carbons (Fsp3) is 0.625. The van der Waals surface area contributed by atoms with Crippen molar-refractivity contribution >= 4 is 17.7 Å². The summed E-state index contributed by atoms with van der Waals surface area (Å²) in [5, 5.41) is 14.7. The van der Waals surface area contributed by atoms with E-state index >= 15 is 0 Å². The highest BCUT2D eigenvalue weighted by Crippen LogP contribution is 2.38. The van der Waals surface area contributed by atoms with Gasteiger partial charge in [0, 0.05) is 6.04 Å². The van der Waals surface area contributed by atoms with Gasteiger partial charge < -0.3 is 10.6 Å². The molecule has 5 heteroatoms. The van der Waals surface area contributed by atoms with Crippen molar-refractivity contribution in [3.05, 3.63) is 22.6 Å². The minimum absolute atomic E-state index is 0.00679. The highest BCUT2D eigenvalue weighted by molar-refractivity contribution is 8.06. The van der Waals surface area contributed by atoms with Crippen molar-refractivity contribution in [1.82, 2.24) is 10.6 Å². The van der Waals surface area contributed by atoms with Gasteiger partial charge in [0.1, 0.15) is 0 Å². The van der Waals surface area contributed by atoms with Crippen LogP contribution in [-0.4, -0.2) is 11.9 Å². The summed E-state index contributed by atoms with van der Waals surface area (Å²) < 4.78 is 0. The second-order valence-corrected chi connectivity index (χ2v) is 6.91. The SMILES string of the molecule is C=C(NC(=O)[C@H]1C[C@@H]1NC#N)S/C(=C\C)C1CCCCC1. The molecule has 0 spiro atoms. The number of hydrogen-bond acceptors (Lipinski definition) is 4. The standard InChI is InChI=1S/C16H23N3OS/c1-3-15(12-7-5-4-6-8-12)21-11(2)19-16(20)13-9-14(13)18-10-17/h3,12-14,18H,2,4-9H2,1H3,(H,19,20)/b15-3-/t13-,14-/m0/s1. The van der Waals surface area contributed by atoms with Crippen molar-refractivity contribution in [3.63, 3.8) is 0 Å². The van der Waals surface area contributed by atoms with Crippen molar-refractivity contribution in [3.8, 4) is 6.19 Å². The average molecular weight is 305 g/mol. The summed E-state index contributed by atoms with van der Waals surface area (Å²) >= 11 is 1.59. The molecule has 0 heterocycles. The van der Waals surface area contributed by atoms with Crippen LogP contribution in [0.5, 0.6) is 0 Å². The molecule has 0 radical (unpaired) electrons. The minimum atomic E-state index is -0.0919. The molecule has 2 N–H and O–H groups in total. The lowest BCUT2D eigenvalue weighted by molar-refractivity contribution is -0.121. The molecule has 0 aromatic carbocycles. The summed E-state index contributed by atoms with van der Waals surface area (Å²) in [5.74, 6) is 0.501. The fourth-order valence-electron chi connectivity index (χ4n) is 2.89. The molecule has 2 aliphatic carbocycles.